The van der Waals surface area contributed by atoms with E-state index in [4.69, 9.17) is 0 Å². The molecule has 0 unspecified atom stereocenters. The van der Waals surface area contributed by atoms with Gasteiger partial charge in [0, 0.05) is 24.2 Å². The number of carbonyl (C=O) groups excluding carboxylic acids is 2. The molecule has 1 aliphatic rings. The predicted molar refractivity (Wildman–Crippen MR) is 117 cm³/mol. The number of carbonyl (C=O) groups is 2. The van der Waals surface area contributed by atoms with Crippen molar-refractivity contribution in [3.8, 4) is 0 Å². The number of hydrogen-bond donors (Lipinski definition) is 3. The minimum absolute atomic E-state index is 0.00632. The molecule has 2 aromatic rings. The molecule has 2 amide bonds. The molecule has 0 aliphatic heterocycles. The first-order chi connectivity index (χ1) is 14.2. The van der Waals surface area contributed by atoms with Crippen molar-refractivity contribution in [3.63, 3.8) is 0 Å². The summed E-state index contributed by atoms with van der Waals surface area (Å²) >= 11 is 0. The van der Waals surface area contributed by atoms with Crippen LogP contribution in [0.2, 0.25) is 0 Å². The topological polar surface area (TPSA) is 104 Å². The normalized spacial score (nSPS) is 14.7. The van der Waals surface area contributed by atoms with Crippen LogP contribution in [0.25, 0.3) is 0 Å². The Morgan fingerprint density at radius 3 is 2.37 bits per heavy atom. The van der Waals surface area contributed by atoms with Crippen molar-refractivity contribution in [2.45, 2.75) is 56.9 Å². The van der Waals surface area contributed by atoms with Crippen molar-refractivity contribution in [1.29, 1.82) is 0 Å². The Labute approximate surface area is 177 Å². The molecular formula is C22H27N3O4S. The molecule has 7 nitrogen and oxygen atoms in total. The standard InChI is InChI=1S/C22H27N3O4S/c1-15-11-12-20(14-21(15)22(27)24-17-7-4-3-5-8-17)30(28,29)25-19-10-6-9-18(13-19)23-16(2)26/h6,9-14,17,25H,3-5,7-8H2,1-2H3,(H,23,26)(H,24,27). The number of anilines is 2. The second-order valence-electron chi connectivity index (χ2n) is 7.65. The van der Waals surface area contributed by atoms with Crippen molar-refractivity contribution >= 4 is 33.2 Å². The van der Waals surface area contributed by atoms with E-state index in [2.05, 4.69) is 15.4 Å². The lowest BCUT2D eigenvalue weighted by molar-refractivity contribution is -0.114. The summed E-state index contributed by atoms with van der Waals surface area (Å²) in [6.45, 7) is 3.17. The SMILES string of the molecule is CC(=O)Nc1cccc(NS(=O)(=O)c2ccc(C)c(C(=O)NC3CCCCC3)c2)c1. The maximum absolute atomic E-state index is 12.9. The van der Waals surface area contributed by atoms with Gasteiger partial charge in [-0.15, -0.1) is 0 Å². The number of amides is 2. The molecule has 1 aliphatic carbocycles. The van der Waals surface area contributed by atoms with Gasteiger partial charge in [0.25, 0.3) is 15.9 Å². The number of hydrogen-bond acceptors (Lipinski definition) is 4. The van der Waals surface area contributed by atoms with E-state index < -0.39 is 10.0 Å². The van der Waals surface area contributed by atoms with Gasteiger partial charge in [-0.2, -0.15) is 0 Å². The van der Waals surface area contributed by atoms with Crippen LogP contribution in [-0.2, 0) is 14.8 Å². The summed E-state index contributed by atoms with van der Waals surface area (Å²) in [4.78, 5) is 24.0. The number of aryl methyl sites for hydroxylation is 1. The maximum atomic E-state index is 12.9. The second kappa shape index (κ2) is 9.30. The van der Waals surface area contributed by atoms with Gasteiger partial charge in [0.05, 0.1) is 10.6 Å². The molecule has 0 spiro atoms. The van der Waals surface area contributed by atoms with E-state index in [1.54, 1.807) is 31.2 Å². The van der Waals surface area contributed by atoms with Gasteiger partial charge in [-0.1, -0.05) is 31.4 Å². The first-order valence-electron chi connectivity index (χ1n) is 10.1. The highest BCUT2D eigenvalue weighted by Crippen LogP contribution is 2.23. The first kappa shape index (κ1) is 21.8. The summed E-state index contributed by atoms with van der Waals surface area (Å²) < 4.78 is 28.3. The smallest absolute Gasteiger partial charge is 0.261 e. The molecule has 30 heavy (non-hydrogen) atoms. The fourth-order valence-electron chi connectivity index (χ4n) is 3.60. The minimum atomic E-state index is -3.91. The Morgan fingerprint density at radius 1 is 0.967 bits per heavy atom. The van der Waals surface area contributed by atoms with Gasteiger partial charge >= 0.3 is 0 Å². The number of rotatable bonds is 6. The fourth-order valence-corrected chi connectivity index (χ4v) is 4.68. The third kappa shape index (κ3) is 5.60. The van der Waals surface area contributed by atoms with Crippen LogP contribution >= 0.6 is 0 Å². The quantitative estimate of drug-likeness (QED) is 0.649. The van der Waals surface area contributed by atoms with E-state index in [1.807, 2.05) is 0 Å². The Kier molecular flexibility index (Phi) is 6.77. The summed E-state index contributed by atoms with van der Waals surface area (Å²) in [6, 6.07) is 11.1. The first-order valence-corrected chi connectivity index (χ1v) is 11.5. The van der Waals surface area contributed by atoms with E-state index in [0.717, 1.165) is 31.2 Å². The summed E-state index contributed by atoms with van der Waals surface area (Å²) in [7, 11) is -3.91. The molecule has 0 bridgehead atoms. The minimum Gasteiger partial charge on any atom is -0.349 e. The Hall–Kier alpha value is -2.87. The molecule has 0 radical (unpaired) electrons. The Morgan fingerprint density at radius 2 is 1.67 bits per heavy atom. The third-order valence-electron chi connectivity index (χ3n) is 5.14. The van der Waals surface area contributed by atoms with Crippen LogP contribution < -0.4 is 15.4 Å². The van der Waals surface area contributed by atoms with Crippen molar-refractivity contribution in [2.24, 2.45) is 0 Å². The largest absolute Gasteiger partial charge is 0.349 e. The van der Waals surface area contributed by atoms with Crippen LogP contribution in [0.4, 0.5) is 11.4 Å². The average Bonchev–Trinajstić information content (AvgIpc) is 2.68. The van der Waals surface area contributed by atoms with Crippen molar-refractivity contribution < 1.29 is 18.0 Å². The summed E-state index contributed by atoms with van der Waals surface area (Å²) in [5.74, 6) is -0.494. The van der Waals surface area contributed by atoms with Gasteiger partial charge in [0.2, 0.25) is 5.91 Å². The van der Waals surface area contributed by atoms with Gasteiger partial charge in [-0.25, -0.2) is 8.42 Å². The summed E-state index contributed by atoms with van der Waals surface area (Å²) in [5.41, 5.74) is 1.87. The predicted octanol–water partition coefficient (Wildman–Crippen LogP) is 3.82. The molecule has 3 rings (SSSR count). The number of benzene rings is 2. The number of nitrogens with one attached hydrogen (secondary N) is 3. The second-order valence-corrected chi connectivity index (χ2v) is 9.34. The van der Waals surface area contributed by atoms with E-state index in [-0.39, 0.29) is 22.8 Å². The molecule has 160 valence electrons. The van der Waals surface area contributed by atoms with E-state index >= 15 is 0 Å². The maximum Gasteiger partial charge on any atom is 0.261 e. The zero-order valence-electron chi connectivity index (χ0n) is 17.2. The zero-order valence-corrected chi connectivity index (χ0v) is 18.0. The monoisotopic (exact) mass is 429 g/mol. The molecule has 3 N–H and O–H groups in total. The van der Waals surface area contributed by atoms with E-state index in [9.17, 15) is 18.0 Å². The highest BCUT2D eigenvalue weighted by Gasteiger charge is 2.21. The molecule has 1 fully saturated rings. The van der Waals surface area contributed by atoms with Crippen molar-refractivity contribution in [3.05, 3.63) is 53.6 Å². The highest BCUT2D eigenvalue weighted by molar-refractivity contribution is 7.92. The van der Waals surface area contributed by atoms with E-state index in [0.29, 0.717) is 16.9 Å². The average molecular weight is 430 g/mol. The molecule has 2 aromatic carbocycles. The van der Waals surface area contributed by atoms with Crippen LogP contribution in [0.5, 0.6) is 0 Å². The highest BCUT2D eigenvalue weighted by atomic mass is 32.2. The molecule has 8 heteroatoms. The van der Waals surface area contributed by atoms with Gasteiger partial charge < -0.3 is 10.6 Å². The lowest BCUT2D eigenvalue weighted by Crippen LogP contribution is -2.36. The molecular weight excluding hydrogens is 402 g/mol. The van der Waals surface area contributed by atoms with Crippen molar-refractivity contribution in [1.82, 2.24) is 5.32 Å². The molecule has 0 aromatic heterocycles. The van der Waals surface area contributed by atoms with Crippen LogP contribution in [0, 0.1) is 6.92 Å². The van der Waals surface area contributed by atoms with E-state index in [1.165, 1.54) is 31.5 Å². The van der Waals surface area contributed by atoms with Gasteiger partial charge in [-0.3, -0.25) is 14.3 Å². The third-order valence-corrected chi connectivity index (χ3v) is 6.52. The van der Waals surface area contributed by atoms with Gasteiger partial charge in [0.15, 0.2) is 0 Å². The fraction of sp³-hybridized carbons (Fsp3) is 0.364. The Bertz CT molecular complexity index is 1040. The van der Waals surface area contributed by atoms with Crippen LogP contribution in [0.3, 0.4) is 0 Å². The van der Waals surface area contributed by atoms with Crippen LogP contribution in [0.15, 0.2) is 47.4 Å². The van der Waals surface area contributed by atoms with Gasteiger partial charge in [-0.05, 0) is 55.7 Å². The Balaban J connectivity index is 1.80. The number of sulfonamides is 1. The van der Waals surface area contributed by atoms with Crippen LogP contribution in [0.1, 0.15) is 54.9 Å². The molecule has 0 saturated heterocycles. The molecule has 0 heterocycles. The summed E-state index contributed by atoms with van der Waals surface area (Å²) in [5, 5.41) is 5.65. The van der Waals surface area contributed by atoms with Crippen LogP contribution in [-0.4, -0.2) is 26.3 Å². The zero-order chi connectivity index (χ0) is 21.7. The summed E-state index contributed by atoms with van der Waals surface area (Å²) in [6.07, 6.45) is 5.29. The van der Waals surface area contributed by atoms with Crippen molar-refractivity contribution in [2.75, 3.05) is 10.0 Å². The lowest BCUT2D eigenvalue weighted by Gasteiger charge is -2.23. The molecule has 1 saturated carbocycles. The van der Waals surface area contributed by atoms with Gasteiger partial charge in [0.1, 0.15) is 0 Å². The molecule has 0 atom stereocenters. The lowest BCUT2D eigenvalue weighted by atomic mass is 9.95.